The van der Waals surface area contributed by atoms with Gasteiger partial charge in [0.2, 0.25) is 0 Å². The van der Waals surface area contributed by atoms with Gasteiger partial charge in [-0.05, 0) is 30.2 Å². The van der Waals surface area contributed by atoms with Crippen LogP contribution in [-0.2, 0) is 4.79 Å². The Kier molecular flexibility index (Phi) is 9.07. The van der Waals surface area contributed by atoms with Crippen LogP contribution in [-0.4, -0.2) is 29.2 Å². The maximum absolute atomic E-state index is 11.9. The first-order valence-corrected chi connectivity index (χ1v) is 8.32. The third-order valence-electron chi connectivity index (χ3n) is 3.74. The molecule has 1 aromatic rings. The molecular formula is C19H28O4. The van der Waals surface area contributed by atoms with Gasteiger partial charge in [0.05, 0.1) is 13.2 Å². The van der Waals surface area contributed by atoms with E-state index >= 15 is 0 Å². The van der Waals surface area contributed by atoms with Gasteiger partial charge in [-0.3, -0.25) is 4.79 Å². The summed E-state index contributed by atoms with van der Waals surface area (Å²) in [4.78, 5) is 11.9. The lowest BCUT2D eigenvalue weighted by molar-refractivity contribution is -0.116. The number of ether oxygens (including phenoxy) is 1. The Morgan fingerprint density at radius 1 is 1.26 bits per heavy atom. The number of hydrogen-bond acceptors (Lipinski definition) is 4. The first kappa shape index (κ1) is 19.2. The number of carbonyl (C=O) groups excluding carboxylic acids is 1. The highest BCUT2D eigenvalue weighted by molar-refractivity contribution is 5.93. The second-order valence-electron chi connectivity index (χ2n) is 5.79. The minimum absolute atomic E-state index is 0.0643. The van der Waals surface area contributed by atoms with Gasteiger partial charge in [0.15, 0.2) is 17.3 Å². The van der Waals surface area contributed by atoms with E-state index in [-0.39, 0.29) is 18.0 Å². The number of benzene rings is 1. The van der Waals surface area contributed by atoms with E-state index in [9.17, 15) is 15.0 Å². The normalized spacial score (nSPS) is 12.5. The van der Waals surface area contributed by atoms with E-state index in [1.54, 1.807) is 18.2 Å². The van der Waals surface area contributed by atoms with Crippen LogP contribution in [0.25, 0.3) is 6.08 Å². The van der Waals surface area contributed by atoms with Crippen molar-refractivity contribution >= 4 is 11.9 Å². The number of aliphatic hydroxyl groups excluding tert-OH is 1. The van der Waals surface area contributed by atoms with Crippen molar-refractivity contribution in [3.63, 3.8) is 0 Å². The van der Waals surface area contributed by atoms with E-state index in [0.29, 0.717) is 12.2 Å². The number of rotatable bonds is 11. The molecule has 0 bridgehead atoms. The predicted octanol–water partition coefficient (Wildman–Crippen LogP) is 4.09. The predicted molar refractivity (Wildman–Crippen MR) is 92.7 cm³/mol. The molecule has 0 fully saturated rings. The molecule has 0 aromatic heterocycles. The number of aromatic hydroxyl groups is 1. The lowest BCUT2D eigenvalue weighted by Gasteiger charge is -2.08. The fourth-order valence-electron chi connectivity index (χ4n) is 2.37. The van der Waals surface area contributed by atoms with Crippen LogP contribution in [0, 0.1) is 0 Å². The molecule has 2 N–H and O–H groups in total. The van der Waals surface area contributed by atoms with Gasteiger partial charge >= 0.3 is 0 Å². The van der Waals surface area contributed by atoms with Crippen LogP contribution in [0.2, 0.25) is 0 Å². The van der Waals surface area contributed by atoms with Crippen molar-refractivity contribution in [3.8, 4) is 11.5 Å². The summed E-state index contributed by atoms with van der Waals surface area (Å²) in [5.41, 5.74) is 0.766. The summed E-state index contributed by atoms with van der Waals surface area (Å²) >= 11 is 0. The van der Waals surface area contributed by atoms with Gasteiger partial charge in [0.1, 0.15) is 0 Å². The summed E-state index contributed by atoms with van der Waals surface area (Å²) in [6.07, 6.45) is 9.10. The highest BCUT2D eigenvalue weighted by Crippen LogP contribution is 2.26. The molecule has 0 amide bonds. The quantitative estimate of drug-likeness (QED) is 0.476. The number of allylic oxidation sites excluding steroid dienone is 1. The lowest BCUT2D eigenvalue weighted by atomic mass is 10.0. The summed E-state index contributed by atoms with van der Waals surface area (Å²) in [6.45, 7) is 2.17. The van der Waals surface area contributed by atoms with Crippen LogP contribution in [0.3, 0.4) is 0 Å². The second-order valence-corrected chi connectivity index (χ2v) is 5.79. The fraction of sp³-hybridized carbons (Fsp3) is 0.526. The van der Waals surface area contributed by atoms with E-state index < -0.39 is 6.10 Å². The molecule has 0 radical (unpaired) electrons. The fourth-order valence-corrected chi connectivity index (χ4v) is 2.37. The topological polar surface area (TPSA) is 66.8 Å². The van der Waals surface area contributed by atoms with Crippen molar-refractivity contribution in [3.05, 3.63) is 29.8 Å². The second kappa shape index (κ2) is 10.8. The minimum Gasteiger partial charge on any atom is -0.504 e. The summed E-state index contributed by atoms with van der Waals surface area (Å²) in [5.74, 6) is 0.333. The molecule has 1 unspecified atom stereocenters. The molecule has 128 valence electrons. The van der Waals surface area contributed by atoms with Gasteiger partial charge in [0.25, 0.3) is 0 Å². The molecule has 4 heteroatoms. The van der Waals surface area contributed by atoms with Gasteiger partial charge < -0.3 is 14.9 Å². The molecule has 23 heavy (non-hydrogen) atoms. The first-order valence-electron chi connectivity index (χ1n) is 8.32. The number of aliphatic hydroxyl groups is 1. The van der Waals surface area contributed by atoms with E-state index in [1.165, 1.54) is 38.5 Å². The van der Waals surface area contributed by atoms with Gasteiger partial charge in [-0.25, -0.2) is 0 Å². The maximum Gasteiger partial charge on any atom is 0.161 e. The molecule has 0 spiro atoms. The average molecular weight is 320 g/mol. The molecule has 1 aromatic carbocycles. The molecule has 0 aliphatic carbocycles. The monoisotopic (exact) mass is 320 g/mol. The summed E-state index contributed by atoms with van der Waals surface area (Å²) < 4.78 is 5.02. The molecule has 0 aliphatic heterocycles. The Balaban J connectivity index is 2.37. The highest BCUT2D eigenvalue weighted by atomic mass is 16.5. The molecule has 0 heterocycles. The van der Waals surface area contributed by atoms with Crippen molar-refractivity contribution < 1.29 is 19.7 Å². The SMILES string of the molecule is CCCCCCCC(O)CC(=O)C=Cc1ccc(O)c(OC)c1. The van der Waals surface area contributed by atoms with E-state index in [0.717, 1.165) is 18.4 Å². The molecule has 1 rings (SSSR count). The van der Waals surface area contributed by atoms with E-state index in [4.69, 9.17) is 4.74 Å². The third-order valence-corrected chi connectivity index (χ3v) is 3.74. The molecule has 0 saturated carbocycles. The van der Waals surface area contributed by atoms with Crippen molar-refractivity contribution in [2.24, 2.45) is 0 Å². The van der Waals surface area contributed by atoms with Gasteiger partial charge in [-0.1, -0.05) is 51.2 Å². The van der Waals surface area contributed by atoms with Crippen LogP contribution in [0.15, 0.2) is 24.3 Å². The number of phenolic OH excluding ortho intramolecular Hbond substituents is 1. The Morgan fingerprint density at radius 2 is 2.00 bits per heavy atom. The molecule has 0 saturated heterocycles. The van der Waals surface area contributed by atoms with Gasteiger partial charge in [-0.2, -0.15) is 0 Å². The van der Waals surface area contributed by atoms with Crippen molar-refractivity contribution in [2.75, 3.05) is 7.11 Å². The number of ketones is 1. The van der Waals surface area contributed by atoms with Crippen LogP contribution in [0.4, 0.5) is 0 Å². The van der Waals surface area contributed by atoms with Crippen molar-refractivity contribution in [2.45, 2.75) is 58.0 Å². The van der Waals surface area contributed by atoms with Crippen LogP contribution in [0.1, 0.15) is 57.4 Å². The largest absolute Gasteiger partial charge is 0.504 e. The van der Waals surface area contributed by atoms with Crippen LogP contribution < -0.4 is 4.74 Å². The van der Waals surface area contributed by atoms with Gasteiger partial charge in [0, 0.05) is 6.42 Å². The average Bonchev–Trinajstić information content (AvgIpc) is 2.54. The number of phenols is 1. The zero-order valence-corrected chi connectivity index (χ0v) is 14.1. The number of methoxy groups -OCH3 is 1. The van der Waals surface area contributed by atoms with E-state index in [2.05, 4.69) is 6.92 Å². The number of hydrogen-bond donors (Lipinski definition) is 2. The van der Waals surface area contributed by atoms with Gasteiger partial charge in [-0.15, -0.1) is 0 Å². The molecule has 1 atom stereocenters. The van der Waals surface area contributed by atoms with Crippen LogP contribution >= 0.6 is 0 Å². The third kappa shape index (κ3) is 7.84. The number of carbonyl (C=O) groups is 1. The lowest BCUT2D eigenvalue weighted by Crippen LogP contribution is -2.11. The summed E-state index contributed by atoms with van der Waals surface area (Å²) in [6, 6.07) is 4.88. The Bertz CT molecular complexity index is 508. The summed E-state index contributed by atoms with van der Waals surface area (Å²) in [5, 5.41) is 19.4. The smallest absolute Gasteiger partial charge is 0.161 e. The van der Waals surface area contributed by atoms with E-state index in [1.807, 2.05) is 0 Å². The first-order chi connectivity index (χ1) is 11.1. The Morgan fingerprint density at radius 3 is 2.70 bits per heavy atom. The van der Waals surface area contributed by atoms with Crippen molar-refractivity contribution in [1.82, 2.24) is 0 Å². The molecule has 4 nitrogen and oxygen atoms in total. The zero-order valence-electron chi connectivity index (χ0n) is 14.1. The standard InChI is InChI=1S/C19H28O4/c1-3-4-5-6-7-8-16(20)14-17(21)11-9-15-10-12-18(22)19(13-15)23-2/h9-13,16,20,22H,3-8,14H2,1-2H3. The minimum atomic E-state index is -0.567. The highest BCUT2D eigenvalue weighted by Gasteiger charge is 2.08. The van der Waals surface area contributed by atoms with Crippen LogP contribution in [0.5, 0.6) is 11.5 Å². The number of unbranched alkanes of at least 4 members (excludes halogenated alkanes) is 4. The Labute approximate surface area is 138 Å². The zero-order chi connectivity index (χ0) is 17.1. The molecular weight excluding hydrogens is 292 g/mol. The van der Waals surface area contributed by atoms with Crippen molar-refractivity contribution in [1.29, 1.82) is 0 Å². The summed E-state index contributed by atoms with van der Waals surface area (Å²) in [7, 11) is 1.48. The molecule has 0 aliphatic rings. The Hall–Kier alpha value is -1.81. The maximum atomic E-state index is 11.9.